The number of rotatable bonds is 5. The maximum atomic E-state index is 13.1. The summed E-state index contributed by atoms with van der Waals surface area (Å²) in [6.07, 6.45) is 0.963. The number of hydrogen-bond acceptors (Lipinski definition) is 6. The minimum atomic E-state index is -0.752. The number of nitrogens with one attached hydrogen (secondary N) is 1. The van der Waals surface area contributed by atoms with Crippen molar-refractivity contribution in [1.82, 2.24) is 10.1 Å². The highest BCUT2D eigenvalue weighted by Crippen LogP contribution is 2.37. The summed E-state index contributed by atoms with van der Waals surface area (Å²) in [6.45, 7) is 6.49. The van der Waals surface area contributed by atoms with Crippen molar-refractivity contribution in [1.29, 1.82) is 0 Å². The number of thioether (sulfide) groups is 1. The molecule has 8 nitrogen and oxygen atoms in total. The quantitative estimate of drug-likeness (QED) is 0.212. The third kappa shape index (κ3) is 3.94. The number of carbonyl (C=O) groups excluding carboxylic acids is 2. The third-order valence-electron chi connectivity index (χ3n) is 4.85. The van der Waals surface area contributed by atoms with E-state index < -0.39 is 12.1 Å². The van der Waals surface area contributed by atoms with Gasteiger partial charge in [0.05, 0.1) is 11.3 Å². The van der Waals surface area contributed by atoms with Gasteiger partial charge in [-0.15, -0.1) is 6.58 Å². The van der Waals surface area contributed by atoms with Crippen molar-refractivity contribution in [3.63, 3.8) is 0 Å². The number of ether oxygens (including phenoxy) is 1. The summed E-state index contributed by atoms with van der Waals surface area (Å²) in [5.41, 5.74) is 1.86. The molecule has 0 spiro atoms. The Morgan fingerprint density at radius 3 is 2.75 bits per heavy atom. The predicted octanol–water partition coefficient (Wildman–Crippen LogP) is 2.84. The number of aromatic nitrogens is 3. The standard InChI is InChI=1S/C23H20N4O4S/c1-4-12-32-23-24-21(30)20-18-10-5-6-11-19(18)26(14(2)28)22(27(20)25-23)16-8-7-9-17(13-16)31-15(3)29/h4-11,13,22H,1,12H2,2-3H3/p+1/t22-/m0/s1. The Bertz CT molecular complexity index is 1290. The minimum Gasteiger partial charge on any atom is -0.427 e. The molecule has 32 heavy (non-hydrogen) atoms. The summed E-state index contributed by atoms with van der Waals surface area (Å²) < 4.78 is 6.80. The predicted molar refractivity (Wildman–Crippen MR) is 120 cm³/mol. The van der Waals surface area contributed by atoms with Crippen molar-refractivity contribution >= 4 is 29.3 Å². The van der Waals surface area contributed by atoms with E-state index in [0.717, 1.165) is 0 Å². The summed E-state index contributed by atoms with van der Waals surface area (Å²) in [4.78, 5) is 41.9. The molecule has 2 aromatic carbocycles. The molecule has 9 heteroatoms. The number of aromatic amines is 1. The number of para-hydroxylation sites is 1. The van der Waals surface area contributed by atoms with Gasteiger partial charge < -0.3 is 4.74 Å². The van der Waals surface area contributed by atoms with Crippen LogP contribution in [0.25, 0.3) is 11.3 Å². The normalized spacial score (nSPS) is 14.3. The maximum absolute atomic E-state index is 13.1. The smallest absolute Gasteiger partial charge is 0.325 e. The van der Waals surface area contributed by atoms with Crippen LogP contribution in [0.3, 0.4) is 0 Å². The van der Waals surface area contributed by atoms with Gasteiger partial charge in [-0.2, -0.15) is 0 Å². The fourth-order valence-corrected chi connectivity index (χ4v) is 4.31. The second-order valence-corrected chi connectivity index (χ2v) is 8.11. The molecule has 1 atom stereocenters. The summed E-state index contributed by atoms with van der Waals surface area (Å²) in [7, 11) is 0. The molecule has 1 aromatic heterocycles. The third-order valence-corrected chi connectivity index (χ3v) is 5.71. The number of H-pyrrole nitrogens is 1. The molecule has 0 radical (unpaired) electrons. The number of hydrogen-bond donors (Lipinski definition) is 1. The van der Waals surface area contributed by atoms with Crippen molar-refractivity contribution in [2.75, 3.05) is 10.7 Å². The SMILES string of the molecule is C=CCSc1n[n+]2c(c(=O)[nH]1)-c1ccccc1N(C(C)=O)[C@@H]2c1cccc(OC(C)=O)c1. The van der Waals surface area contributed by atoms with Gasteiger partial charge in [-0.3, -0.25) is 19.4 Å². The zero-order valence-electron chi connectivity index (χ0n) is 17.6. The first-order valence-electron chi connectivity index (χ1n) is 9.88. The summed E-state index contributed by atoms with van der Waals surface area (Å²) in [6, 6.07) is 14.1. The molecule has 1 aliphatic heterocycles. The molecule has 162 valence electrons. The molecular formula is C23H21N4O4S+. The van der Waals surface area contributed by atoms with Crippen LogP contribution < -0.4 is 19.9 Å². The topological polar surface area (TPSA) is 96.2 Å². The Morgan fingerprint density at radius 2 is 2.03 bits per heavy atom. The van der Waals surface area contributed by atoms with Gasteiger partial charge in [0.2, 0.25) is 11.1 Å². The second-order valence-electron chi connectivity index (χ2n) is 7.10. The first-order chi connectivity index (χ1) is 15.4. The van der Waals surface area contributed by atoms with Gasteiger partial charge in [0.15, 0.2) is 0 Å². The Kier molecular flexibility index (Phi) is 5.91. The Labute approximate surface area is 188 Å². The minimum absolute atomic E-state index is 0.221. The highest BCUT2D eigenvalue weighted by molar-refractivity contribution is 7.99. The van der Waals surface area contributed by atoms with Crippen LogP contribution in [0.4, 0.5) is 5.69 Å². The Balaban J connectivity index is 1.99. The summed E-state index contributed by atoms with van der Waals surface area (Å²) >= 11 is 1.33. The van der Waals surface area contributed by atoms with E-state index in [1.54, 1.807) is 52.1 Å². The fraction of sp³-hybridized carbons (Fsp3) is 0.174. The monoisotopic (exact) mass is 449 g/mol. The van der Waals surface area contributed by atoms with Crippen LogP contribution in [0.1, 0.15) is 25.6 Å². The van der Waals surface area contributed by atoms with Crippen molar-refractivity contribution in [3.8, 4) is 17.0 Å². The van der Waals surface area contributed by atoms with E-state index in [2.05, 4.69) is 16.7 Å². The number of nitrogens with zero attached hydrogens (tertiary/aromatic N) is 3. The summed E-state index contributed by atoms with van der Waals surface area (Å²) in [5, 5.41) is 5.07. The van der Waals surface area contributed by atoms with Crippen LogP contribution in [-0.4, -0.2) is 27.7 Å². The lowest BCUT2D eigenvalue weighted by Gasteiger charge is -2.31. The number of carbonyl (C=O) groups is 2. The molecule has 3 aromatic rings. The van der Waals surface area contributed by atoms with Crippen LogP contribution in [0, 0.1) is 0 Å². The van der Waals surface area contributed by atoms with Gasteiger partial charge >= 0.3 is 17.2 Å². The first kappa shape index (κ1) is 21.5. The molecule has 1 amide bonds. The molecule has 1 aliphatic rings. The molecule has 0 saturated heterocycles. The molecule has 0 fully saturated rings. The molecule has 1 N–H and O–H groups in total. The molecular weight excluding hydrogens is 428 g/mol. The number of benzene rings is 2. The van der Waals surface area contributed by atoms with Crippen LogP contribution >= 0.6 is 11.8 Å². The van der Waals surface area contributed by atoms with E-state index in [1.165, 1.54) is 25.6 Å². The van der Waals surface area contributed by atoms with Gasteiger partial charge in [-0.1, -0.05) is 36.0 Å². The fourth-order valence-electron chi connectivity index (χ4n) is 3.72. The Hall–Kier alpha value is -3.72. The second kappa shape index (κ2) is 8.80. The number of fused-ring (bicyclic) bond motifs is 3. The van der Waals surface area contributed by atoms with Gasteiger partial charge in [-0.05, 0) is 35.0 Å². The van der Waals surface area contributed by atoms with Crippen molar-refractivity contribution < 1.29 is 19.0 Å². The van der Waals surface area contributed by atoms with Gasteiger partial charge in [0.1, 0.15) is 5.75 Å². The zero-order valence-corrected chi connectivity index (χ0v) is 18.4. The number of anilines is 1. The zero-order chi connectivity index (χ0) is 22.8. The maximum Gasteiger partial charge on any atom is 0.325 e. The van der Waals surface area contributed by atoms with E-state index in [-0.39, 0.29) is 11.5 Å². The van der Waals surface area contributed by atoms with E-state index in [4.69, 9.17) is 4.74 Å². The Morgan fingerprint density at radius 1 is 1.25 bits per heavy atom. The molecule has 2 heterocycles. The van der Waals surface area contributed by atoms with Crippen molar-refractivity contribution in [2.45, 2.75) is 25.2 Å². The van der Waals surface area contributed by atoms with Crippen molar-refractivity contribution in [3.05, 3.63) is 77.1 Å². The highest BCUT2D eigenvalue weighted by Gasteiger charge is 2.44. The molecule has 0 saturated carbocycles. The number of esters is 1. The highest BCUT2D eigenvalue weighted by atomic mass is 32.2. The van der Waals surface area contributed by atoms with Crippen LogP contribution in [0.5, 0.6) is 5.75 Å². The van der Waals surface area contributed by atoms with Gasteiger partial charge in [0.25, 0.3) is 6.17 Å². The van der Waals surface area contributed by atoms with E-state index in [9.17, 15) is 14.4 Å². The molecule has 0 aliphatic carbocycles. The van der Waals surface area contributed by atoms with Crippen LogP contribution in [0.2, 0.25) is 0 Å². The van der Waals surface area contributed by atoms with E-state index in [0.29, 0.717) is 39.2 Å². The van der Waals surface area contributed by atoms with Crippen molar-refractivity contribution in [2.24, 2.45) is 0 Å². The van der Waals surface area contributed by atoms with E-state index >= 15 is 0 Å². The largest absolute Gasteiger partial charge is 0.427 e. The van der Waals surface area contributed by atoms with Gasteiger partial charge in [0, 0.05) is 30.3 Å². The van der Waals surface area contributed by atoms with Crippen LogP contribution in [-0.2, 0) is 9.59 Å². The summed E-state index contributed by atoms with van der Waals surface area (Å²) in [5.74, 6) is 0.221. The lowest BCUT2D eigenvalue weighted by molar-refractivity contribution is -0.763. The molecule has 0 unspecified atom stereocenters. The first-order valence-corrected chi connectivity index (χ1v) is 10.9. The lowest BCUT2D eigenvalue weighted by Crippen LogP contribution is -2.60. The van der Waals surface area contributed by atoms with Gasteiger partial charge in [-0.25, -0.2) is 4.90 Å². The number of amides is 1. The van der Waals surface area contributed by atoms with Crippen LogP contribution in [0.15, 0.2) is 71.1 Å². The molecule has 4 rings (SSSR count). The molecule has 0 bridgehead atoms. The average Bonchev–Trinajstić information content (AvgIpc) is 2.76. The van der Waals surface area contributed by atoms with E-state index in [1.807, 2.05) is 12.1 Å². The average molecular weight is 450 g/mol. The lowest BCUT2D eigenvalue weighted by atomic mass is 10.0.